The monoisotopic (exact) mass is 238 g/mol. The van der Waals surface area contributed by atoms with E-state index in [9.17, 15) is 0 Å². The molecule has 0 fully saturated rings. The van der Waals surface area contributed by atoms with E-state index in [-0.39, 0.29) is 0 Å². The number of benzene rings is 2. The number of fused-ring (bicyclic) bond motifs is 1. The van der Waals surface area contributed by atoms with Crippen LogP contribution in [-0.4, -0.2) is 0 Å². The molecule has 18 heavy (non-hydrogen) atoms. The maximum Gasteiger partial charge on any atom is -0.0273 e. The van der Waals surface area contributed by atoms with Crippen LogP contribution in [0.15, 0.2) is 42.5 Å². The maximum absolute atomic E-state index is 2.24. The summed E-state index contributed by atoms with van der Waals surface area (Å²) in [4.78, 5) is 0. The van der Waals surface area contributed by atoms with Gasteiger partial charge in [-0.3, -0.25) is 0 Å². The van der Waals surface area contributed by atoms with Crippen molar-refractivity contribution in [3.63, 3.8) is 0 Å². The molecule has 0 amide bonds. The standard InChI is InChI=1S/C9H10.C9H12/c1-2-5-9-7-3-6-8(9)4-1;1-7-5-4-6-8(2)9(7)3/h1-2,4-5H,3,6-7H2;4-6H,1-3H3. The SMILES string of the molecule is Cc1cccc(C)c1C.c1ccc2c(c1)CCC2. The second-order valence-corrected chi connectivity index (χ2v) is 5.14. The van der Waals surface area contributed by atoms with Gasteiger partial charge >= 0.3 is 0 Å². The molecule has 0 saturated heterocycles. The van der Waals surface area contributed by atoms with Crippen LogP contribution in [0, 0.1) is 20.8 Å². The Bertz CT molecular complexity index is 480. The van der Waals surface area contributed by atoms with E-state index < -0.39 is 0 Å². The minimum Gasteiger partial charge on any atom is -0.0620 e. The van der Waals surface area contributed by atoms with E-state index in [0.717, 1.165) is 0 Å². The first-order valence-corrected chi connectivity index (χ1v) is 6.78. The van der Waals surface area contributed by atoms with Gasteiger partial charge in [-0.15, -0.1) is 0 Å². The van der Waals surface area contributed by atoms with E-state index in [0.29, 0.717) is 0 Å². The zero-order chi connectivity index (χ0) is 13.0. The molecule has 0 aromatic heterocycles. The van der Waals surface area contributed by atoms with Crippen molar-refractivity contribution in [1.82, 2.24) is 0 Å². The first-order chi connectivity index (χ1) is 8.68. The van der Waals surface area contributed by atoms with Crippen molar-refractivity contribution >= 4 is 0 Å². The molecule has 1 aliphatic carbocycles. The molecule has 1 aliphatic rings. The molecule has 0 N–H and O–H groups in total. The molecule has 0 atom stereocenters. The highest BCUT2D eigenvalue weighted by atomic mass is 14.1. The highest BCUT2D eigenvalue weighted by Crippen LogP contribution is 2.20. The Morgan fingerprint density at radius 2 is 1.17 bits per heavy atom. The molecule has 3 rings (SSSR count). The fourth-order valence-electron chi connectivity index (χ4n) is 2.41. The summed E-state index contributed by atoms with van der Waals surface area (Å²) >= 11 is 0. The van der Waals surface area contributed by atoms with Crippen LogP contribution < -0.4 is 0 Å². The Morgan fingerprint density at radius 1 is 0.667 bits per heavy atom. The smallest absolute Gasteiger partial charge is 0.0273 e. The normalized spacial score (nSPS) is 12.6. The zero-order valence-corrected chi connectivity index (χ0v) is 11.7. The van der Waals surface area contributed by atoms with E-state index in [4.69, 9.17) is 0 Å². The van der Waals surface area contributed by atoms with Crippen molar-refractivity contribution in [2.45, 2.75) is 40.0 Å². The lowest BCUT2D eigenvalue weighted by atomic mass is 10.1. The summed E-state index contributed by atoms with van der Waals surface area (Å²) in [5, 5.41) is 0. The minimum absolute atomic E-state index is 1.30. The molecule has 2 aromatic carbocycles. The molecule has 0 aliphatic heterocycles. The summed E-state index contributed by atoms with van der Waals surface area (Å²) < 4.78 is 0. The lowest BCUT2D eigenvalue weighted by molar-refractivity contribution is 0.912. The van der Waals surface area contributed by atoms with Gasteiger partial charge in [-0.25, -0.2) is 0 Å². The summed E-state index contributed by atoms with van der Waals surface area (Å²) in [5.74, 6) is 0. The Balaban J connectivity index is 0.000000134. The van der Waals surface area contributed by atoms with E-state index in [2.05, 4.69) is 63.2 Å². The highest BCUT2D eigenvalue weighted by Gasteiger charge is 2.07. The molecule has 0 spiro atoms. The van der Waals surface area contributed by atoms with Gasteiger partial charge < -0.3 is 0 Å². The zero-order valence-electron chi connectivity index (χ0n) is 11.7. The Labute approximate surface area is 111 Å². The van der Waals surface area contributed by atoms with Crippen LogP contribution in [0.25, 0.3) is 0 Å². The van der Waals surface area contributed by atoms with Crippen LogP contribution in [0.4, 0.5) is 0 Å². The molecule has 2 aromatic rings. The van der Waals surface area contributed by atoms with E-state index in [1.807, 2.05) is 0 Å². The molecule has 0 radical (unpaired) electrons. The predicted molar refractivity (Wildman–Crippen MR) is 79.1 cm³/mol. The molecule has 0 heterocycles. The van der Waals surface area contributed by atoms with Crippen molar-refractivity contribution in [1.29, 1.82) is 0 Å². The number of rotatable bonds is 0. The van der Waals surface area contributed by atoms with Crippen LogP contribution in [0.2, 0.25) is 0 Å². The predicted octanol–water partition coefficient (Wildman–Crippen LogP) is 4.79. The average molecular weight is 238 g/mol. The largest absolute Gasteiger partial charge is 0.0620 e. The quantitative estimate of drug-likeness (QED) is 0.619. The molecule has 0 saturated carbocycles. The molecular weight excluding hydrogens is 216 g/mol. The third kappa shape index (κ3) is 3.01. The van der Waals surface area contributed by atoms with E-state index in [1.165, 1.54) is 36.0 Å². The molecule has 0 nitrogen and oxygen atoms in total. The number of hydrogen-bond donors (Lipinski definition) is 0. The van der Waals surface area contributed by atoms with E-state index in [1.54, 1.807) is 11.1 Å². The van der Waals surface area contributed by atoms with Crippen LogP contribution in [0.3, 0.4) is 0 Å². The van der Waals surface area contributed by atoms with Gasteiger partial charge in [0.1, 0.15) is 0 Å². The number of aryl methyl sites for hydroxylation is 4. The Hall–Kier alpha value is -1.56. The number of hydrogen-bond acceptors (Lipinski definition) is 0. The minimum atomic E-state index is 1.30. The van der Waals surface area contributed by atoms with Gasteiger partial charge in [0, 0.05) is 0 Å². The lowest BCUT2D eigenvalue weighted by Gasteiger charge is -2.00. The van der Waals surface area contributed by atoms with Crippen LogP contribution in [-0.2, 0) is 12.8 Å². The van der Waals surface area contributed by atoms with Crippen molar-refractivity contribution in [2.24, 2.45) is 0 Å². The third-order valence-corrected chi connectivity index (χ3v) is 3.89. The lowest BCUT2D eigenvalue weighted by Crippen LogP contribution is -1.82. The summed E-state index contributed by atoms with van der Waals surface area (Å²) in [6.45, 7) is 6.44. The fraction of sp³-hybridized carbons (Fsp3) is 0.333. The Kier molecular flexibility index (Phi) is 4.19. The third-order valence-electron chi connectivity index (χ3n) is 3.89. The topological polar surface area (TPSA) is 0 Å². The van der Waals surface area contributed by atoms with Gasteiger partial charge in [0.2, 0.25) is 0 Å². The summed E-state index contributed by atoms with van der Waals surface area (Å²) in [6.07, 6.45) is 3.96. The summed E-state index contributed by atoms with van der Waals surface area (Å²) in [6, 6.07) is 15.1. The van der Waals surface area contributed by atoms with Crippen molar-refractivity contribution in [3.8, 4) is 0 Å². The van der Waals surface area contributed by atoms with Gasteiger partial charge in [0.25, 0.3) is 0 Å². The average Bonchev–Trinajstić information content (AvgIpc) is 2.85. The molecule has 94 valence electrons. The fourth-order valence-corrected chi connectivity index (χ4v) is 2.41. The van der Waals surface area contributed by atoms with Crippen LogP contribution >= 0.6 is 0 Å². The van der Waals surface area contributed by atoms with Crippen LogP contribution in [0.1, 0.15) is 34.2 Å². The molecular formula is C18H22. The molecule has 0 heteroatoms. The van der Waals surface area contributed by atoms with Crippen molar-refractivity contribution < 1.29 is 0 Å². The summed E-state index contributed by atoms with van der Waals surface area (Å²) in [7, 11) is 0. The molecule has 0 unspecified atom stereocenters. The van der Waals surface area contributed by atoms with Gasteiger partial charge in [-0.1, -0.05) is 42.5 Å². The van der Waals surface area contributed by atoms with Crippen molar-refractivity contribution in [3.05, 3.63) is 70.3 Å². The highest BCUT2D eigenvalue weighted by molar-refractivity contribution is 5.31. The second-order valence-electron chi connectivity index (χ2n) is 5.14. The summed E-state index contributed by atoms with van der Waals surface area (Å²) in [5.41, 5.74) is 7.32. The second kappa shape index (κ2) is 5.86. The van der Waals surface area contributed by atoms with Gasteiger partial charge in [-0.05, 0) is 67.9 Å². The maximum atomic E-state index is 2.24. The van der Waals surface area contributed by atoms with Gasteiger partial charge in [-0.2, -0.15) is 0 Å². The van der Waals surface area contributed by atoms with E-state index >= 15 is 0 Å². The molecule has 0 bridgehead atoms. The van der Waals surface area contributed by atoms with Crippen molar-refractivity contribution in [2.75, 3.05) is 0 Å². The first kappa shape index (κ1) is 12.9. The first-order valence-electron chi connectivity index (χ1n) is 6.78. The van der Waals surface area contributed by atoms with Crippen LogP contribution in [0.5, 0.6) is 0 Å². The Morgan fingerprint density at radius 3 is 1.61 bits per heavy atom. The van der Waals surface area contributed by atoms with Gasteiger partial charge in [0.15, 0.2) is 0 Å². The van der Waals surface area contributed by atoms with Gasteiger partial charge in [0.05, 0.1) is 0 Å².